The first kappa shape index (κ1) is 17.9. The zero-order valence-electron chi connectivity index (χ0n) is 15.3. The van der Waals surface area contributed by atoms with Crippen molar-refractivity contribution in [3.8, 4) is 16.9 Å². The van der Waals surface area contributed by atoms with E-state index in [-0.39, 0.29) is 5.82 Å². The van der Waals surface area contributed by atoms with E-state index in [0.29, 0.717) is 47.3 Å². The van der Waals surface area contributed by atoms with Gasteiger partial charge in [0.25, 0.3) is 0 Å². The van der Waals surface area contributed by atoms with Gasteiger partial charge in [-0.3, -0.25) is 0 Å². The molecular weight excluding hydrogens is 359 g/mol. The number of benzene rings is 2. The molecule has 142 valence electrons. The molecule has 0 aliphatic heterocycles. The monoisotopic (exact) mass is 378 g/mol. The van der Waals surface area contributed by atoms with E-state index in [1.807, 2.05) is 30.3 Å². The molecule has 2 heterocycles. The maximum Gasteiger partial charge on any atom is 0.225 e. The number of hydrogen-bond acceptors (Lipinski definition) is 6. The summed E-state index contributed by atoms with van der Waals surface area (Å²) >= 11 is 0. The minimum Gasteiger partial charge on any atom is -0.383 e. The first-order chi connectivity index (χ1) is 13.7. The third kappa shape index (κ3) is 3.37. The fraction of sp³-hybridized carbons (Fsp3) is 0.150. The predicted octanol–water partition coefficient (Wildman–Crippen LogP) is 3.26. The molecule has 0 fully saturated rings. The first-order valence-corrected chi connectivity index (χ1v) is 8.78. The van der Waals surface area contributed by atoms with Crippen molar-refractivity contribution in [2.24, 2.45) is 0 Å². The summed E-state index contributed by atoms with van der Waals surface area (Å²) in [6.45, 7) is 1.08. The van der Waals surface area contributed by atoms with Crippen LogP contribution in [0.3, 0.4) is 0 Å². The first-order valence-electron chi connectivity index (χ1n) is 8.78. The SMILES string of the molecule is COCCNc1nc(-c2ccccc2)c2c(N)n(-c3ccc(F)cc3)nc2n1. The third-order valence-corrected chi connectivity index (χ3v) is 4.28. The van der Waals surface area contributed by atoms with E-state index in [4.69, 9.17) is 10.5 Å². The van der Waals surface area contributed by atoms with Crippen molar-refractivity contribution < 1.29 is 9.13 Å². The van der Waals surface area contributed by atoms with Gasteiger partial charge in [0, 0.05) is 19.2 Å². The van der Waals surface area contributed by atoms with Crippen LogP contribution in [-0.4, -0.2) is 40.0 Å². The number of ether oxygens (including phenoxy) is 1. The Morgan fingerprint density at radius 1 is 1.07 bits per heavy atom. The lowest BCUT2D eigenvalue weighted by Gasteiger charge is -2.08. The normalized spacial score (nSPS) is 11.1. The van der Waals surface area contributed by atoms with Crippen LogP contribution in [0.2, 0.25) is 0 Å². The number of fused-ring (bicyclic) bond motifs is 1. The van der Waals surface area contributed by atoms with Crippen LogP contribution in [0, 0.1) is 5.82 Å². The van der Waals surface area contributed by atoms with Crippen molar-refractivity contribution in [3.63, 3.8) is 0 Å². The second-order valence-corrected chi connectivity index (χ2v) is 6.15. The average Bonchev–Trinajstić information content (AvgIpc) is 3.05. The van der Waals surface area contributed by atoms with E-state index >= 15 is 0 Å². The number of aromatic nitrogens is 4. The Hall–Kier alpha value is -3.52. The summed E-state index contributed by atoms with van der Waals surface area (Å²) in [5.74, 6) is 0.504. The molecule has 4 aromatic rings. The molecule has 4 rings (SSSR count). The molecule has 8 heteroatoms. The minimum absolute atomic E-state index is 0.326. The number of nitrogens with two attached hydrogens (primary N) is 1. The van der Waals surface area contributed by atoms with Crippen molar-refractivity contribution in [3.05, 3.63) is 60.4 Å². The maximum absolute atomic E-state index is 13.3. The van der Waals surface area contributed by atoms with E-state index in [0.717, 1.165) is 5.56 Å². The van der Waals surface area contributed by atoms with Gasteiger partial charge in [-0.1, -0.05) is 30.3 Å². The molecule has 0 saturated heterocycles. The highest BCUT2D eigenvalue weighted by Crippen LogP contribution is 2.32. The summed E-state index contributed by atoms with van der Waals surface area (Å²) in [4.78, 5) is 9.15. The van der Waals surface area contributed by atoms with Crippen LogP contribution in [0.25, 0.3) is 28.0 Å². The van der Waals surface area contributed by atoms with Crippen molar-refractivity contribution in [1.29, 1.82) is 0 Å². The molecule has 0 unspecified atom stereocenters. The van der Waals surface area contributed by atoms with Crippen LogP contribution < -0.4 is 11.1 Å². The van der Waals surface area contributed by atoms with Crippen LogP contribution >= 0.6 is 0 Å². The van der Waals surface area contributed by atoms with Gasteiger partial charge in [0.1, 0.15) is 11.6 Å². The summed E-state index contributed by atoms with van der Waals surface area (Å²) in [6, 6.07) is 15.7. The molecule has 0 amide bonds. The number of nitrogens with zero attached hydrogens (tertiary/aromatic N) is 4. The molecule has 7 nitrogen and oxygen atoms in total. The van der Waals surface area contributed by atoms with Gasteiger partial charge in [0.2, 0.25) is 5.95 Å². The Morgan fingerprint density at radius 3 is 2.54 bits per heavy atom. The Morgan fingerprint density at radius 2 is 1.82 bits per heavy atom. The van der Waals surface area contributed by atoms with Crippen LogP contribution in [0.4, 0.5) is 16.2 Å². The van der Waals surface area contributed by atoms with Gasteiger partial charge >= 0.3 is 0 Å². The molecule has 28 heavy (non-hydrogen) atoms. The Labute approximate surface area is 161 Å². The fourth-order valence-electron chi connectivity index (χ4n) is 2.94. The maximum atomic E-state index is 13.3. The highest BCUT2D eigenvalue weighted by Gasteiger charge is 2.19. The van der Waals surface area contributed by atoms with E-state index in [9.17, 15) is 4.39 Å². The van der Waals surface area contributed by atoms with E-state index in [2.05, 4.69) is 20.4 Å². The van der Waals surface area contributed by atoms with Crippen LogP contribution in [0.1, 0.15) is 0 Å². The molecule has 0 saturated carbocycles. The lowest BCUT2D eigenvalue weighted by atomic mass is 10.1. The van der Waals surface area contributed by atoms with Crippen LogP contribution in [0.15, 0.2) is 54.6 Å². The topological polar surface area (TPSA) is 90.9 Å². The molecule has 0 aliphatic rings. The van der Waals surface area contributed by atoms with E-state index < -0.39 is 0 Å². The highest BCUT2D eigenvalue weighted by atomic mass is 19.1. The molecule has 0 radical (unpaired) electrons. The minimum atomic E-state index is -0.326. The number of methoxy groups -OCH3 is 1. The fourth-order valence-corrected chi connectivity index (χ4v) is 2.94. The van der Waals surface area contributed by atoms with Crippen molar-refractivity contribution >= 4 is 22.8 Å². The summed E-state index contributed by atoms with van der Waals surface area (Å²) in [5.41, 5.74) is 9.08. The molecule has 2 aromatic carbocycles. The Balaban J connectivity index is 1.89. The number of rotatable bonds is 6. The van der Waals surface area contributed by atoms with Gasteiger partial charge in [-0.25, -0.2) is 14.1 Å². The van der Waals surface area contributed by atoms with E-state index in [1.54, 1.807) is 23.9 Å². The second-order valence-electron chi connectivity index (χ2n) is 6.15. The summed E-state index contributed by atoms with van der Waals surface area (Å²) < 4.78 is 19.9. The van der Waals surface area contributed by atoms with Gasteiger partial charge in [-0.15, -0.1) is 5.10 Å². The van der Waals surface area contributed by atoms with Gasteiger partial charge in [0.15, 0.2) is 5.65 Å². The summed E-state index contributed by atoms with van der Waals surface area (Å²) in [7, 11) is 1.63. The molecule has 0 bridgehead atoms. The number of halogens is 1. The number of anilines is 2. The van der Waals surface area contributed by atoms with Gasteiger partial charge in [-0.2, -0.15) is 4.98 Å². The number of nitrogen functional groups attached to an aromatic ring is 1. The molecule has 3 N–H and O–H groups in total. The van der Waals surface area contributed by atoms with Crippen molar-refractivity contribution in [2.45, 2.75) is 0 Å². The standard InChI is InChI=1S/C20H19FN6O/c1-28-12-11-23-20-24-17(13-5-3-2-4-6-13)16-18(22)27(26-19(16)25-20)15-9-7-14(21)8-10-15/h2-10H,11-12,22H2,1H3,(H,23,25,26). The lowest BCUT2D eigenvalue weighted by Crippen LogP contribution is -2.10. The zero-order chi connectivity index (χ0) is 19.5. The molecule has 0 spiro atoms. The third-order valence-electron chi connectivity index (χ3n) is 4.28. The van der Waals surface area contributed by atoms with Crippen molar-refractivity contribution in [2.75, 3.05) is 31.3 Å². The van der Waals surface area contributed by atoms with Gasteiger partial charge in [0.05, 0.1) is 23.4 Å². The van der Waals surface area contributed by atoms with Gasteiger partial charge < -0.3 is 15.8 Å². The lowest BCUT2D eigenvalue weighted by molar-refractivity contribution is 0.210. The largest absolute Gasteiger partial charge is 0.383 e. The van der Waals surface area contributed by atoms with Gasteiger partial charge in [-0.05, 0) is 24.3 Å². The van der Waals surface area contributed by atoms with Crippen LogP contribution in [0.5, 0.6) is 0 Å². The summed E-state index contributed by atoms with van der Waals surface area (Å²) in [6.07, 6.45) is 0. The molecule has 0 aliphatic carbocycles. The Bertz CT molecular complexity index is 1100. The quantitative estimate of drug-likeness (QED) is 0.501. The Kier molecular flexibility index (Phi) is 4.86. The molecule has 2 aromatic heterocycles. The highest BCUT2D eigenvalue weighted by molar-refractivity contribution is 5.99. The van der Waals surface area contributed by atoms with Crippen molar-refractivity contribution in [1.82, 2.24) is 19.7 Å². The summed E-state index contributed by atoms with van der Waals surface area (Å²) in [5, 5.41) is 8.32. The smallest absolute Gasteiger partial charge is 0.225 e. The number of nitrogens with one attached hydrogen (secondary N) is 1. The van der Waals surface area contributed by atoms with Crippen LogP contribution in [-0.2, 0) is 4.74 Å². The second kappa shape index (κ2) is 7.61. The molecular formula is C20H19FN6O. The van der Waals surface area contributed by atoms with E-state index in [1.165, 1.54) is 12.1 Å². The molecule has 0 atom stereocenters. The predicted molar refractivity (Wildman–Crippen MR) is 107 cm³/mol. The average molecular weight is 378 g/mol. The number of hydrogen-bond donors (Lipinski definition) is 2. The zero-order valence-corrected chi connectivity index (χ0v) is 15.3.